The summed E-state index contributed by atoms with van der Waals surface area (Å²) in [7, 11) is 0. The maximum atomic E-state index is 5.25. The molecule has 6 heteroatoms. The molecule has 0 aliphatic rings. The van der Waals surface area contributed by atoms with Gasteiger partial charge in [-0.3, -0.25) is 9.97 Å². The van der Waals surface area contributed by atoms with E-state index in [9.17, 15) is 0 Å². The Morgan fingerprint density at radius 1 is 0.227 bits per heavy atom. The summed E-state index contributed by atoms with van der Waals surface area (Å²) in [5.41, 5.74) is 17.0. The molecule has 0 unspecified atom stereocenters. The maximum Gasteiger partial charge on any atom is 0.164 e. The van der Waals surface area contributed by atoms with Gasteiger partial charge in [-0.15, -0.1) is 0 Å². The second-order valence-electron chi connectivity index (χ2n) is 15.9. The van der Waals surface area contributed by atoms with Crippen LogP contribution in [0.5, 0.6) is 0 Å². The number of nitrogens with zero attached hydrogens (tertiary/aromatic N) is 6. The number of rotatable bonds is 10. The fourth-order valence-electron chi connectivity index (χ4n) is 8.47. The minimum Gasteiger partial charge on any atom is -0.264 e. The molecule has 11 aromatic rings. The van der Waals surface area contributed by atoms with E-state index in [1.54, 1.807) is 6.20 Å². The van der Waals surface area contributed by atoms with E-state index in [2.05, 4.69) is 138 Å². The summed E-state index contributed by atoms with van der Waals surface area (Å²) in [4.78, 5) is 29.7. The van der Waals surface area contributed by atoms with Gasteiger partial charge in [-0.05, 0) is 80.9 Å². The van der Waals surface area contributed by atoms with Crippen molar-refractivity contribution in [3.05, 3.63) is 243 Å². The lowest BCUT2D eigenvalue weighted by molar-refractivity contribution is 1.07. The van der Waals surface area contributed by atoms with Crippen LogP contribution in [0.15, 0.2) is 243 Å². The Morgan fingerprint density at radius 2 is 0.712 bits per heavy atom. The van der Waals surface area contributed by atoms with Gasteiger partial charge in [0.15, 0.2) is 17.5 Å². The average molecular weight is 845 g/mol. The summed E-state index contributed by atoms with van der Waals surface area (Å²) in [6.07, 6.45) is 5.54. The topological polar surface area (TPSA) is 77.3 Å². The molecule has 0 spiro atoms. The van der Waals surface area contributed by atoms with Crippen LogP contribution in [-0.4, -0.2) is 29.9 Å². The number of hydrogen-bond donors (Lipinski definition) is 0. The first-order valence-corrected chi connectivity index (χ1v) is 21.9. The lowest BCUT2D eigenvalue weighted by atomic mass is 9.88. The van der Waals surface area contributed by atoms with Crippen LogP contribution in [0.4, 0.5) is 0 Å². The molecule has 0 amide bonds. The SMILES string of the molecule is c1ccc(-c2cc(-c3ccccc3-c3ccc(-c4ccccc4-c4nc(-c5ccccc5)nc(-c5ccccc5)n4)c(-c4ccccn4)c3)cc(-c3ccc(-c4cccnc4)cc3)n2)cc1. The van der Waals surface area contributed by atoms with E-state index in [-0.39, 0.29) is 0 Å². The highest BCUT2D eigenvalue weighted by Crippen LogP contribution is 2.42. The Labute approximate surface area is 383 Å². The van der Waals surface area contributed by atoms with Crippen molar-refractivity contribution in [3.63, 3.8) is 0 Å². The van der Waals surface area contributed by atoms with Gasteiger partial charge in [-0.25, -0.2) is 19.9 Å². The molecule has 0 saturated carbocycles. The van der Waals surface area contributed by atoms with Gasteiger partial charge in [0.25, 0.3) is 0 Å². The minimum absolute atomic E-state index is 0.592. The van der Waals surface area contributed by atoms with E-state index in [1.165, 1.54) is 0 Å². The third-order valence-electron chi connectivity index (χ3n) is 11.7. The third-order valence-corrected chi connectivity index (χ3v) is 11.7. The Bertz CT molecular complexity index is 3380. The number of pyridine rings is 3. The van der Waals surface area contributed by atoms with E-state index < -0.39 is 0 Å². The molecular formula is C60H40N6. The fraction of sp³-hybridized carbons (Fsp3) is 0. The van der Waals surface area contributed by atoms with E-state index >= 15 is 0 Å². The highest BCUT2D eigenvalue weighted by Gasteiger charge is 2.20. The van der Waals surface area contributed by atoms with Crippen LogP contribution < -0.4 is 0 Å². The molecule has 0 fully saturated rings. The van der Waals surface area contributed by atoms with Crippen molar-refractivity contribution >= 4 is 0 Å². The Hall–Kier alpha value is -9.00. The summed E-state index contributed by atoms with van der Waals surface area (Å²) in [6, 6.07) is 77.3. The molecule has 6 nitrogen and oxygen atoms in total. The van der Waals surface area contributed by atoms with Crippen molar-refractivity contribution in [1.82, 2.24) is 29.9 Å². The Kier molecular flexibility index (Phi) is 10.9. The molecule has 0 N–H and O–H groups in total. The van der Waals surface area contributed by atoms with Gasteiger partial charge in [-0.2, -0.15) is 0 Å². The first kappa shape index (κ1) is 39.8. The van der Waals surface area contributed by atoms with Gasteiger partial charge in [-0.1, -0.05) is 188 Å². The highest BCUT2D eigenvalue weighted by atomic mass is 15.0. The standard InChI is InChI=1S/C60H40N6/c1-4-17-42(18-5-1)56-38-48(39-57(63-56)43-31-29-41(30-32-43)47-23-16-35-61-40-47)50-25-11-10-24-49(50)46-33-34-52(54(37-46)55-28-14-15-36-62-55)51-26-12-13-27-53(51)60-65-58(44-19-6-2-7-20-44)64-59(66-60)45-21-8-3-9-22-45/h1-40H. The fourth-order valence-corrected chi connectivity index (χ4v) is 8.47. The lowest BCUT2D eigenvalue weighted by Gasteiger charge is -2.18. The van der Waals surface area contributed by atoms with Crippen LogP contribution in [0.25, 0.3) is 112 Å². The van der Waals surface area contributed by atoms with Crippen molar-refractivity contribution < 1.29 is 0 Å². The van der Waals surface area contributed by atoms with Crippen LogP contribution in [0.1, 0.15) is 0 Å². The predicted octanol–water partition coefficient (Wildman–Crippen LogP) is 14.7. The minimum atomic E-state index is 0.592. The maximum absolute atomic E-state index is 5.25. The van der Waals surface area contributed by atoms with E-state index in [0.717, 1.165) is 95.0 Å². The Morgan fingerprint density at radius 3 is 1.32 bits per heavy atom. The van der Waals surface area contributed by atoms with Gasteiger partial charge in [0.2, 0.25) is 0 Å². The second-order valence-corrected chi connectivity index (χ2v) is 15.9. The zero-order chi connectivity index (χ0) is 44.1. The monoisotopic (exact) mass is 844 g/mol. The van der Waals surface area contributed by atoms with Gasteiger partial charge in [0.05, 0.1) is 17.1 Å². The molecule has 4 heterocycles. The third kappa shape index (κ3) is 8.18. The van der Waals surface area contributed by atoms with Gasteiger partial charge in [0, 0.05) is 52.0 Å². The number of benzene rings is 7. The van der Waals surface area contributed by atoms with Crippen molar-refractivity contribution in [1.29, 1.82) is 0 Å². The Balaban J connectivity index is 1.05. The average Bonchev–Trinajstić information content (AvgIpc) is 3.42. The molecule has 0 aliphatic carbocycles. The predicted molar refractivity (Wildman–Crippen MR) is 268 cm³/mol. The van der Waals surface area contributed by atoms with Crippen LogP contribution in [-0.2, 0) is 0 Å². The molecule has 66 heavy (non-hydrogen) atoms. The first-order valence-electron chi connectivity index (χ1n) is 21.9. The molecule has 0 bridgehead atoms. The van der Waals surface area contributed by atoms with E-state index in [1.807, 2.05) is 103 Å². The summed E-state index contributed by atoms with van der Waals surface area (Å²) >= 11 is 0. The number of aromatic nitrogens is 6. The smallest absolute Gasteiger partial charge is 0.164 e. The van der Waals surface area contributed by atoms with Crippen molar-refractivity contribution in [2.75, 3.05) is 0 Å². The molecule has 0 aliphatic heterocycles. The summed E-state index contributed by atoms with van der Waals surface area (Å²) < 4.78 is 0. The van der Waals surface area contributed by atoms with Gasteiger partial charge < -0.3 is 0 Å². The lowest BCUT2D eigenvalue weighted by Crippen LogP contribution is -2.01. The zero-order valence-corrected chi connectivity index (χ0v) is 35.8. The molecule has 0 radical (unpaired) electrons. The molecule has 7 aromatic carbocycles. The van der Waals surface area contributed by atoms with Crippen molar-refractivity contribution in [3.8, 4) is 112 Å². The van der Waals surface area contributed by atoms with E-state index in [4.69, 9.17) is 24.9 Å². The van der Waals surface area contributed by atoms with Crippen LogP contribution in [0, 0.1) is 0 Å². The quantitative estimate of drug-likeness (QED) is 0.136. The summed E-state index contributed by atoms with van der Waals surface area (Å²) in [6.45, 7) is 0. The molecule has 310 valence electrons. The molecule has 4 aromatic heterocycles. The first-order chi connectivity index (χ1) is 32.7. The van der Waals surface area contributed by atoms with Crippen molar-refractivity contribution in [2.45, 2.75) is 0 Å². The van der Waals surface area contributed by atoms with Gasteiger partial charge in [0.1, 0.15) is 0 Å². The second kappa shape index (κ2) is 18.0. The molecule has 11 rings (SSSR count). The zero-order valence-electron chi connectivity index (χ0n) is 35.8. The molecule has 0 atom stereocenters. The summed E-state index contributed by atoms with van der Waals surface area (Å²) in [5.74, 6) is 1.82. The summed E-state index contributed by atoms with van der Waals surface area (Å²) in [5, 5.41) is 0. The van der Waals surface area contributed by atoms with Crippen LogP contribution in [0.3, 0.4) is 0 Å². The molecule has 0 saturated heterocycles. The van der Waals surface area contributed by atoms with Crippen LogP contribution >= 0.6 is 0 Å². The largest absolute Gasteiger partial charge is 0.264 e. The van der Waals surface area contributed by atoms with Crippen molar-refractivity contribution in [2.24, 2.45) is 0 Å². The molecular weight excluding hydrogens is 805 g/mol. The normalized spacial score (nSPS) is 11.0. The van der Waals surface area contributed by atoms with E-state index in [0.29, 0.717) is 17.5 Å². The number of hydrogen-bond acceptors (Lipinski definition) is 6. The van der Waals surface area contributed by atoms with Crippen LogP contribution in [0.2, 0.25) is 0 Å². The highest BCUT2D eigenvalue weighted by molar-refractivity contribution is 5.94. The van der Waals surface area contributed by atoms with Gasteiger partial charge >= 0.3 is 0 Å².